The number of halogens is 1. The van der Waals surface area contributed by atoms with Gasteiger partial charge in [0.2, 0.25) is 0 Å². The van der Waals surface area contributed by atoms with Crippen molar-refractivity contribution in [2.24, 2.45) is 5.92 Å². The molecular weight excluding hydrogens is 298 g/mol. The Morgan fingerprint density at radius 1 is 1.50 bits per heavy atom. The van der Waals surface area contributed by atoms with Gasteiger partial charge in [0, 0.05) is 4.47 Å². The predicted molar refractivity (Wildman–Crippen MR) is 73.9 cm³/mol. The molecule has 5 heteroatoms. The van der Waals surface area contributed by atoms with Crippen LogP contribution in [0.25, 0.3) is 0 Å². The average molecular weight is 316 g/mol. The molecule has 0 radical (unpaired) electrons. The Kier molecular flexibility index (Phi) is 5.62. The third kappa shape index (κ3) is 3.71. The summed E-state index contributed by atoms with van der Waals surface area (Å²) in [7, 11) is 1.52. The fourth-order valence-corrected chi connectivity index (χ4v) is 1.86. The molecule has 18 heavy (non-hydrogen) atoms. The molecule has 0 fully saturated rings. The van der Waals surface area contributed by atoms with Crippen LogP contribution in [0.5, 0.6) is 5.75 Å². The highest BCUT2D eigenvalue weighted by Gasteiger charge is 2.18. The topological polar surface area (TPSA) is 58.6 Å². The lowest BCUT2D eigenvalue weighted by molar-refractivity contribution is 0.0894. The van der Waals surface area contributed by atoms with Crippen molar-refractivity contribution in [3.05, 3.63) is 28.2 Å². The third-order valence-electron chi connectivity index (χ3n) is 2.73. The second-order valence-electron chi connectivity index (χ2n) is 4.35. The summed E-state index contributed by atoms with van der Waals surface area (Å²) in [4.78, 5) is 12.1. The number of hydrogen-bond acceptors (Lipinski definition) is 3. The zero-order valence-electron chi connectivity index (χ0n) is 10.7. The van der Waals surface area contributed by atoms with Crippen LogP contribution in [0, 0.1) is 5.92 Å². The van der Waals surface area contributed by atoms with E-state index in [1.54, 1.807) is 18.2 Å². The first kappa shape index (κ1) is 15.0. The van der Waals surface area contributed by atoms with Gasteiger partial charge < -0.3 is 15.2 Å². The van der Waals surface area contributed by atoms with Gasteiger partial charge in [0.05, 0.1) is 25.3 Å². The van der Waals surface area contributed by atoms with Crippen LogP contribution in [0.15, 0.2) is 22.7 Å². The Morgan fingerprint density at radius 3 is 2.67 bits per heavy atom. The molecule has 0 saturated carbocycles. The molecule has 0 saturated heterocycles. The van der Waals surface area contributed by atoms with E-state index in [2.05, 4.69) is 21.2 Å². The Balaban J connectivity index is 2.90. The SMILES string of the molecule is COc1cc(Br)ccc1C(=O)NC(CO)C(C)C. The highest BCUT2D eigenvalue weighted by atomic mass is 79.9. The summed E-state index contributed by atoms with van der Waals surface area (Å²) in [5.74, 6) is 0.426. The van der Waals surface area contributed by atoms with Crippen molar-refractivity contribution in [3.63, 3.8) is 0 Å². The number of carbonyl (C=O) groups is 1. The normalized spacial score (nSPS) is 12.3. The molecule has 0 spiro atoms. The quantitative estimate of drug-likeness (QED) is 0.875. The maximum atomic E-state index is 12.1. The molecule has 0 bridgehead atoms. The number of benzene rings is 1. The molecule has 0 aliphatic rings. The number of ether oxygens (including phenoxy) is 1. The van der Waals surface area contributed by atoms with Crippen LogP contribution in [0.1, 0.15) is 24.2 Å². The van der Waals surface area contributed by atoms with Crippen molar-refractivity contribution >= 4 is 21.8 Å². The fourth-order valence-electron chi connectivity index (χ4n) is 1.52. The minimum Gasteiger partial charge on any atom is -0.496 e. The molecule has 1 amide bonds. The second-order valence-corrected chi connectivity index (χ2v) is 5.27. The van der Waals surface area contributed by atoms with Crippen LogP contribution in [0.4, 0.5) is 0 Å². The van der Waals surface area contributed by atoms with E-state index >= 15 is 0 Å². The molecule has 1 unspecified atom stereocenters. The fraction of sp³-hybridized carbons (Fsp3) is 0.462. The van der Waals surface area contributed by atoms with Gasteiger partial charge >= 0.3 is 0 Å². The van der Waals surface area contributed by atoms with Gasteiger partial charge in [-0.25, -0.2) is 0 Å². The Hall–Kier alpha value is -1.07. The standard InChI is InChI=1S/C13H18BrNO3/c1-8(2)11(7-16)15-13(17)10-5-4-9(14)6-12(10)18-3/h4-6,8,11,16H,7H2,1-3H3,(H,15,17). The summed E-state index contributed by atoms with van der Waals surface area (Å²) in [6, 6.07) is 4.94. The number of aliphatic hydroxyl groups is 1. The van der Waals surface area contributed by atoms with Gasteiger partial charge in [-0.2, -0.15) is 0 Å². The first-order valence-electron chi connectivity index (χ1n) is 5.74. The van der Waals surface area contributed by atoms with E-state index < -0.39 is 0 Å². The van der Waals surface area contributed by atoms with E-state index in [9.17, 15) is 9.90 Å². The smallest absolute Gasteiger partial charge is 0.255 e. The number of rotatable bonds is 5. The minimum atomic E-state index is -0.258. The highest BCUT2D eigenvalue weighted by molar-refractivity contribution is 9.10. The van der Waals surface area contributed by atoms with Crippen LogP contribution >= 0.6 is 15.9 Å². The highest BCUT2D eigenvalue weighted by Crippen LogP contribution is 2.23. The second kappa shape index (κ2) is 6.75. The maximum Gasteiger partial charge on any atom is 0.255 e. The lowest BCUT2D eigenvalue weighted by Crippen LogP contribution is -2.41. The number of hydrogen-bond donors (Lipinski definition) is 2. The monoisotopic (exact) mass is 315 g/mol. The van der Waals surface area contributed by atoms with Crippen LogP contribution < -0.4 is 10.1 Å². The molecule has 0 aliphatic heterocycles. The molecular formula is C13H18BrNO3. The van der Waals surface area contributed by atoms with E-state index in [0.717, 1.165) is 4.47 Å². The third-order valence-corrected chi connectivity index (χ3v) is 3.22. The van der Waals surface area contributed by atoms with Crippen molar-refractivity contribution in [2.75, 3.05) is 13.7 Å². The summed E-state index contributed by atoms with van der Waals surface area (Å²) in [6.07, 6.45) is 0. The molecule has 2 N–H and O–H groups in total. The van der Waals surface area contributed by atoms with Gasteiger partial charge in [0.15, 0.2) is 0 Å². The summed E-state index contributed by atoms with van der Waals surface area (Å²) < 4.78 is 6.02. The molecule has 100 valence electrons. The lowest BCUT2D eigenvalue weighted by atomic mass is 10.0. The van der Waals surface area contributed by atoms with Crippen molar-refractivity contribution in [2.45, 2.75) is 19.9 Å². The Bertz CT molecular complexity index is 421. The van der Waals surface area contributed by atoms with Crippen LogP contribution in [0.2, 0.25) is 0 Å². The molecule has 4 nitrogen and oxygen atoms in total. The zero-order chi connectivity index (χ0) is 13.7. The maximum absolute atomic E-state index is 12.1. The Morgan fingerprint density at radius 2 is 2.17 bits per heavy atom. The predicted octanol–water partition coefficient (Wildman–Crippen LogP) is 2.20. The van der Waals surface area contributed by atoms with Crippen molar-refractivity contribution in [3.8, 4) is 5.75 Å². The largest absolute Gasteiger partial charge is 0.496 e. The molecule has 1 aromatic rings. The van der Waals surface area contributed by atoms with E-state index in [1.807, 2.05) is 13.8 Å². The molecule has 0 heterocycles. The summed E-state index contributed by atoms with van der Waals surface area (Å²) in [5.41, 5.74) is 0.458. The van der Waals surface area contributed by atoms with Crippen molar-refractivity contribution in [1.29, 1.82) is 0 Å². The van der Waals surface area contributed by atoms with Gasteiger partial charge in [-0.05, 0) is 24.1 Å². The number of methoxy groups -OCH3 is 1. The van der Waals surface area contributed by atoms with Crippen molar-refractivity contribution in [1.82, 2.24) is 5.32 Å². The first-order chi connectivity index (χ1) is 8.49. The minimum absolute atomic E-state index is 0.0811. The van der Waals surface area contributed by atoms with E-state index in [-0.39, 0.29) is 24.5 Å². The van der Waals surface area contributed by atoms with Crippen LogP contribution in [-0.4, -0.2) is 30.8 Å². The molecule has 1 aromatic carbocycles. The van der Waals surface area contributed by atoms with Gasteiger partial charge in [-0.15, -0.1) is 0 Å². The molecule has 0 aromatic heterocycles. The van der Waals surface area contributed by atoms with Gasteiger partial charge in [-0.3, -0.25) is 4.79 Å². The lowest BCUT2D eigenvalue weighted by Gasteiger charge is -2.20. The molecule has 1 rings (SSSR count). The summed E-state index contributed by atoms with van der Waals surface area (Å²) in [5, 5.41) is 12.0. The average Bonchev–Trinajstić information content (AvgIpc) is 2.34. The van der Waals surface area contributed by atoms with Gasteiger partial charge in [0.1, 0.15) is 5.75 Å². The van der Waals surface area contributed by atoms with E-state index in [0.29, 0.717) is 11.3 Å². The van der Waals surface area contributed by atoms with Crippen LogP contribution in [0.3, 0.4) is 0 Å². The van der Waals surface area contributed by atoms with Gasteiger partial charge in [-0.1, -0.05) is 29.8 Å². The molecule has 1 atom stereocenters. The van der Waals surface area contributed by atoms with Crippen molar-refractivity contribution < 1.29 is 14.6 Å². The van der Waals surface area contributed by atoms with E-state index in [4.69, 9.17) is 4.74 Å². The molecule has 0 aliphatic carbocycles. The first-order valence-corrected chi connectivity index (χ1v) is 6.54. The Labute approximate surface area is 115 Å². The van der Waals surface area contributed by atoms with E-state index in [1.165, 1.54) is 7.11 Å². The number of amides is 1. The van der Waals surface area contributed by atoms with Gasteiger partial charge in [0.25, 0.3) is 5.91 Å². The number of aliphatic hydroxyl groups excluding tert-OH is 1. The van der Waals surface area contributed by atoms with Crippen LogP contribution in [-0.2, 0) is 0 Å². The summed E-state index contributed by atoms with van der Waals surface area (Å²) in [6.45, 7) is 3.81. The summed E-state index contributed by atoms with van der Waals surface area (Å²) >= 11 is 3.32. The number of nitrogens with one attached hydrogen (secondary N) is 1. The zero-order valence-corrected chi connectivity index (χ0v) is 12.3. The number of carbonyl (C=O) groups excluding carboxylic acids is 1.